The molecule has 1 fully saturated rings. The van der Waals surface area contributed by atoms with Crippen molar-refractivity contribution in [3.8, 4) is 5.75 Å². The zero-order valence-electron chi connectivity index (χ0n) is 22.0. The first-order valence-electron chi connectivity index (χ1n) is 13.5. The summed E-state index contributed by atoms with van der Waals surface area (Å²) in [4.78, 5) is 7.36. The minimum Gasteiger partial charge on any atom is -0.495 e. The van der Waals surface area contributed by atoms with Gasteiger partial charge in [-0.3, -0.25) is 4.90 Å². The fourth-order valence-electron chi connectivity index (χ4n) is 5.13. The Labute approximate surface area is 222 Å². The number of para-hydroxylation sites is 2. The van der Waals surface area contributed by atoms with Gasteiger partial charge in [0.2, 0.25) is 0 Å². The van der Waals surface area contributed by atoms with Gasteiger partial charge in [-0.05, 0) is 67.2 Å². The average molecular weight is 511 g/mol. The lowest BCUT2D eigenvalue weighted by atomic mass is 9.98. The molecule has 1 saturated heterocycles. The lowest BCUT2D eigenvalue weighted by Crippen LogP contribution is -2.40. The van der Waals surface area contributed by atoms with Crippen molar-refractivity contribution in [2.24, 2.45) is 0 Å². The number of thiocarbonyl (C=S) groups is 1. The number of nitrogens with one attached hydrogen (secondary N) is 1. The summed E-state index contributed by atoms with van der Waals surface area (Å²) in [7, 11) is 1.70. The number of hydrogen-bond acceptors (Lipinski definition) is 5. The van der Waals surface area contributed by atoms with Crippen molar-refractivity contribution in [1.29, 1.82) is 0 Å². The molecule has 0 aromatic heterocycles. The highest BCUT2D eigenvalue weighted by atomic mass is 32.1. The minimum absolute atomic E-state index is 0.740. The average Bonchev–Trinajstić information content (AvgIpc) is 2.92. The third kappa shape index (κ3) is 7.34. The van der Waals surface area contributed by atoms with E-state index in [0.29, 0.717) is 0 Å². The zero-order valence-corrected chi connectivity index (χ0v) is 22.8. The molecule has 2 aliphatic heterocycles. The Morgan fingerprint density at radius 1 is 1.08 bits per heavy atom. The van der Waals surface area contributed by atoms with Crippen molar-refractivity contribution < 1.29 is 9.47 Å². The van der Waals surface area contributed by atoms with Crippen LogP contribution in [-0.2, 0) is 17.7 Å². The number of nitrogens with zero attached hydrogens (tertiary/aromatic N) is 3. The van der Waals surface area contributed by atoms with E-state index in [1.807, 2.05) is 24.3 Å². The molecule has 2 aromatic rings. The van der Waals surface area contributed by atoms with Crippen molar-refractivity contribution in [3.05, 3.63) is 53.6 Å². The summed E-state index contributed by atoms with van der Waals surface area (Å²) in [5.41, 5.74) is 5.13. The van der Waals surface area contributed by atoms with Gasteiger partial charge in [0.25, 0.3) is 0 Å². The normalized spacial score (nSPS) is 15.9. The van der Waals surface area contributed by atoms with E-state index in [9.17, 15) is 0 Å². The van der Waals surface area contributed by atoms with Crippen LogP contribution >= 0.6 is 12.2 Å². The maximum atomic E-state index is 5.94. The van der Waals surface area contributed by atoms with Gasteiger partial charge in [-0.25, -0.2) is 0 Å². The Bertz CT molecular complexity index is 979. The molecule has 196 valence electrons. The van der Waals surface area contributed by atoms with Crippen LogP contribution in [0.4, 0.5) is 11.4 Å². The number of fused-ring (bicyclic) bond motifs is 1. The first kappa shape index (κ1) is 26.7. The van der Waals surface area contributed by atoms with Crippen LogP contribution in [0.25, 0.3) is 0 Å². The van der Waals surface area contributed by atoms with E-state index in [4.69, 9.17) is 21.7 Å². The van der Waals surface area contributed by atoms with Gasteiger partial charge in [0, 0.05) is 51.5 Å². The summed E-state index contributed by atoms with van der Waals surface area (Å²) in [5, 5.41) is 4.19. The Kier molecular flexibility index (Phi) is 10.3. The van der Waals surface area contributed by atoms with Crippen LogP contribution in [-0.4, -0.2) is 74.5 Å². The monoisotopic (exact) mass is 510 g/mol. The van der Waals surface area contributed by atoms with Crippen LogP contribution in [0.2, 0.25) is 0 Å². The molecule has 1 N–H and O–H groups in total. The summed E-state index contributed by atoms with van der Waals surface area (Å²) in [5.74, 6) is 0.800. The summed E-state index contributed by atoms with van der Waals surface area (Å²) < 4.78 is 11.1. The summed E-state index contributed by atoms with van der Waals surface area (Å²) in [6, 6.07) is 15.0. The lowest BCUT2D eigenvalue weighted by Gasteiger charge is -2.33. The number of morpholine rings is 1. The molecule has 0 saturated carbocycles. The third-order valence-corrected chi connectivity index (χ3v) is 7.52. The Hall–Kier alpha value is -2.35. The molecule has 0 radical (unpaired) electrons. The van der Waals surface area contributed by atoms with Crippen molar-refractivity contribution in [2.45, 2.75) is 45.6 Å². The number of anilines is 2. The van der Waals surface area contributed by atoms with Crippen LogP contribution in [0, 0.1) is 0 Å². The second-order valence-electron chi connectivity index (χ2n) is 9.77. The Balaban J connectivity index is 1.46. The van der Waals surface area contributed by atoms with Gasteiger partial charge >= 0.3 is 0 Å². The molecule has 36 heavy (non-hydrogen) atoms. The first-order chi connectivity index (χ1) is 17.7. The largest absolute Gasteiger partial charge is 0.495 e. The number of unbranched alkanes of at least 4 members (excludes halogenated alkanes) is 1. The van der Waals surface area contributed by atoms with Crippen LogP contribution < -0.4 is 15.0 Å². The highest BCUT2D eigenvalue weighted by Gasteiger charge is 2.19. The number of hydrogen-bond donors (Lipinski definition) is 1. The topological polar surface area (TPSA) is 40.2 Å². The van der Waals surface area contributed by atoms with E-state index >= 15 is 0 Å². The predicted octanol–water partition coefficient (Wildman–Crippen LogP) is 5.17. The molecule has 7 heteroatoms. The second-order valence-corrected chi connectivity index (χ2v) is 10.2. The van der Waals surface area contributed by atoms with Gasteiger partial charge in [0.1, 0.15) is 5.75 Å². The number of aryl methyl sites for hydroxylation is 1. The van der Waals surface area contributed by atoms with Gasteiger partial charge in [-0.15, -0.1) is 0 Å². The molecule has 0 aliphatic carbocycles. The molecule has 2 heterocycles. The number of benzene rings is 2. The SMILES string of the molecule is CCCCN1CCCc2cc(CN(CCCN3CCOCC3)C(=S)Nc3ccccc3OC)ccc21. The van der Waals surface area contributed by atoms with E-state index in [1.165, 1.54) is 42.6 Å². The summed E-state index contributed by atoms with van der Waals surface area (Å²) >= 11 is 5.94. The zero-order chi connectivity index (χ0) is 25.2. The molecule has 0 bridgehead atoms. The van der Waals surface area contributed by atoms with E-state index in [0.717, 1.165) is 81.9 Å². The molecule has 0 atom stereocenters. The Morgan fingerprint density at radius 3 is 2.72 bits per heavy atom. The highest BCUT2D eigenvalue weighted by Crippen LogP contribution is 2.29. The maximum Gasteiger partial charge on any atom is 0.173 e. The standard InChI is InChI=1S/C29H42N4O2S/c1-3-4-15-32-16-7-9-25-22-24(12-13-27(25)32)23-33(17-8-14-31-18-20-35-21-19-31)29(36)30-26-10-5-6-11-28(26)34-2/h5-6,10-13,22H,3-4,7-9,14-21,23H2,1-2H3,(H,30,36). The third-order valence-electron chi connectivity index (χ3n) is 7.16. The van der Waals surface area contributed by atoms with E-state index in [1.54, 1.807) is 7.11 Å². The van der Waals surface area contributed by atoms with Gasteiger partial charge < -0.3 is 24.6 Å². The van der Waals surface area contributed by atoms with Crippen LogP contribution in [0.3, 0.4) is 0 Å². The van der Waals surface area contributed by atoms with Gasteiger partial charge in [-0.2, -0.15) is 0 Å². The van der Waals surface area contributed by atoms with Gasteiger partial charge in [0.15, 0.2) is 5.11 Å². The van der Waals surface area contributed by atoms with Crippen LogP contribution in [0.1, 0.15) is 43.7 Å². The fourth-order valence-corrected chi connectivity index (χ4v) is 5.40. The number of methoxy groups -OCH3 is 1. The molecule has 0 spiro atoms. The molecule has 0 amide bonds. The maximum absolute atomic E-state index is 5.94. The molecule has 2 aromatic carbocycles. The smallest absolute Gasteiger partial charge is 0.173 e. The molecule has 6 nitrogen and oxygen atoms in total. The number of ether oxygens (including phenoxy) is 2. The summed E-state index contributed by atoms with van der Waals surface area (Å²) in [6.07, 6.45) is 5.94. The minimum atomic E-state index is 0.740. The van der Waals surface area contributed by atoms with Crippen LogP contribution in [0.5, 0.6) is 5.75 Å². The molecular weight excluding hydrogens is 468 g/mol. The lowest BCUT2D eigenvalue weighted by molar-refractivity contribution is 0.0368. The molecule has 4 rings (SSSR count). The first-order valence-corrected chi connectivity index (χ1v) is 13.9. The quantitative estimate of drug-likeness (QED) is 0.418. The van der Waals surface area contributed by atoms with E-state index in [2.05, 4.69) is 45.1 Å². The van der Waals surface area contributed by atoms with Crippen molar-refractivity contribution in [1.82, 2.24) is 9.80 Å². The summed E-state index contributed by atoms with van der Waals surface area (Å²) in [6.45, 7) is 11.1. The fraction of sp³-hybridized carbons (Fsp3) is 0.552. The Morgan fingerprint density at radius 2 is 1.92 bits per heavy atom. The van der Waals surface area contributed by atoms with Crippen molar-refractivity contribution >= 4 is 28.7 Å². The molecule has 2 aliphatic rings. The van der Waals surface area contributed by atoms with Crippen molar-refractivity contribution in [3.63, 3.8) is 0 Å². The van der Waals surface area contributed by atoms with Crippen LogP contribution in [0.15, 0.2) is 42.5 Å². The second kappa shape index (κ2) is 13.8. The van der Waals surface area contributed by atoms with E-state index < -0.39 is 0 Å². The molecule has 0 unspecified atom stereocenters. The van der Waals surface area contributed by atoms with E-state index in [-0.39, 0.29) is 0 Å². The van der Waals surface area contributed by atoms with Gasteiger partial charge in [0.05, 0.1) is 26.0 Å². The predicted molar refractivity (Wildman–Crippen MR) is 153 cm³/mol. The van der Waals surface area contributed by atoms with Gasteiger partial charge in [-0.1, -0.05) is 37.6 Å². The molecular formula is C29H42N4O2S. The number of rotatable bonds is 11. The van der Waals surface area contributed by atoms with Crippen molar-refractivity contribution in [2.75, 3.05) is 69.8 Å². The highest BCUT2D eigenvalue weighted by molar-refractivity contribution is 7.80.